The highest BCUT2D eigenvalue weighted by Crippen LogP contribution is 2.25. The molecule has 1 aromatic rings. The highest BCUT2D eigenvalue weighted by molar-refractivity contribution is 7.10. The highest BCUT2D eigenvalue weighted by Gasteiger charge is 2.24. The summed E-state index contributed by atoms with van der Waals surface area (Å²) in [6, 6.07) is 1.83. The van der Waals surface area contributed by atoms with Crippen LogP contribution in [0, 0.1) is 6.92 Å². The first-order valence-electron chi connectivity index (χ1n) is 3.74. The summed E-state index contributed by atoms with van der Waals surface area (Å²) >= 11 is 1.41. The molecule has 1 rings (SSSR count). The molecular weight excluding hydrogens is 174 g/mol. The van der Waals surface area contributed by atoms with E-state index >= 15 is 0 Å². The van der Waals surface area contributed by atoms with Gasteiger partial charge in [0.1, 0.15) is 0 Å². The molecule has 0 aromatic carbocycles. The Morgan fingerprint density at radius 3 is 2.75 bits per heavy atom. The van der Waals surface area contributed by atoms with Gasteiger partial charge in [-0.05, 0) is 23.9 Å². The van der Waals surface area contributed by atoms with Crippen molar-refractivity contribution in [3.8, 4) is 0 Å². The third-order valence-electron chi connectivity index (χ3n) is 1.65. The first-order valence-corrected chi connectivity index (χ1v) is 4.62. The van der Waals surface area contributed by atoms with E-state index in [1.54, 1.807) is 0 Å². The number of nitrogens with two attached hydrogens (primary N) is 1. The average molecular weight is 187 g/mol. The van der Waals surface area contributed by atoms with Gasteiger partial charge >= 0.3 is 0 Å². The summed E-state index contributed by atoms with van der Waals surface area (Å²) in [6.45, 7) is 1.83. The molecule has 68 valence electrons. The van der Waals surface area contributed by atoms with Crippen LogP contribution >= 0.6 is 11.3 Å². The Balaban J connectivity index is 2.81. The topological polar surface area (TPSA) is 66.5 Å². The smallest absolute Gasteiger partial charge is 0.151 e. The van der Waals surface area contributed by atoms with Crippen molar-refractivity contribution >= 4 is 11.3 Å². The van der Waals surface area contributed by atoms with Crippen LogP contribution < -0.4 is 5.73 Å². The molecule has 0 spiro atoms. The van der Waals surface area contributed by atoms with Crippen molar-refractivity contribution in [3.05, 3.63) is 21.9 Å². The maximum absolute atomic E-state index is 9.63. The molecule has 0 aliphatic rings. The Morgan fingerprint density at radius 1 is 1.67 bits per heavy atom. The van der Waals surface area contributed by atoms with Crippen LogP contribution in [0.25, 0.3) is 0 Å². The minimum atomic E-state index is -1.37. The summed E-state index contributed by atoms with van der Waals surface area (Å²) in [7, 11) is 0. The number of aryl methyl sites for hydroxylation is 1. The zero-order valence-corrected chi connectivity index (χ0v) is 7.77. The Hall–Kier alpha value is -0.420. The summed E-state index contributed by atoms with van der Waals surface area (Å²) in [4.78, 5) is 0.703. The lowest BCUT2D eigenvalue weighted by Crippen LogP contribution is -2.36. The molecule has 1 heterocycles. The van der Waals surface area contributed by atoms with E-state index in [2.05, 4.69) is 0 Å². The number of hydrogen-bond donors (Lipinski definition) is 3. The van der Waals surface area contributed by atoms with E-state index in [9.17, 15) is 5.11 Å². The SMILES string of the molecule is Cc1csc(C(N)(O)CCO)c1. The lowest BCUT2D eigenvalue weighted by atomic mass is 10.1. The molecule has 0 aliphatic heterocycles. The van der Waals surface area contributed by atoms with Crippen LogP contribution in [-0.2, 0) is 5.72 Å². The Labute approximate surface area is 75.5 Å². The fraction of sp³-hybridized carbons (Fsp3) is 0.500. The molecule has 1 unspecified atom stereocenters. The highest BCUT2D eigenvalue weighted by atomic mass is 32.1. The molecule has 0 fully saturated rings. The second kappa shape index (κ2) is 3.53. The van der Waals surface area contributed by atoms with Gasteiger partial charge in [-0.2, -0.15) is 0 Å². The van der Waals surface area contributed by atoms with Crippen molar-refractivity contribution < 1.29 is 10.2 Å². The molecule has 4 heteroatoms. The summed E-state index contributed by atoms with van der Waals surface area (Å²) < 4.78 is 0. The van der Waals surface area contributed by atoms with Crippen molar-refractivity contribution in [1.29, 1.82) is 0 Å². The van der Waals surface area contributed by atoms with Crippen LogP contribution in [-0.4, -0.2) is 16.8 Å². The van der Waals surface area contributed by atoms with Crippen LogP contribution in [0.15, 0.2) is 11.4 Å². The second-order valence-corrected chi connectivity index (χ2v) is 3.80. The van der Waals surface area contributed by atoms with E-state index in [4.69, 9.17) is 10.8 Å². The Morgan fingerprint density at radius 2 is 2.33 bits per heavy atom. The molecule has 3 nitrogen and oxygen atoms in total. The first-order chi connectivity index (χ1) is 5.56. The van der Waals surface area contributed by atoms with Gasteiger partial charge in [0.25, 0.3) is 0 Å². The molecule has 1 atom stereocenters. The summed E-state index contributed by atoms with van der Waals surface area (Å²) in [5.41, 5.74) is 5.28. The summed E-state index contributed by atoms with van der Waals surface area (Å²) in [5.74, 6) is 0. The lowest BCUT2D eigenvalue weighted by molar-refractivity contribution is 0.0210. The normalized spacial score (nSPS) is 16.0. The predicted octanol–water partition coefficient (Wildman–Crippen LogP) is 0.543. The van der Waals surface area contributed by atoms with Gasteiger partial charge in [-0.1, -0.05) is 0 Å². The van der Waals surface area contributed by atoms with Crippen LogP contribution in [0.1, 0.15) is 16.9 Å². The zero-order chi connectivity index (χ0) is 9.19. The van der Waals surface area contributed by atoms with E-state index < -0.39 is 5.72 Å². The van der Waals surface area contributed by atoms with Gasteiger partial charge < -0.3 is 10.2 Å². The van der Waals surface area contributed by atoms with Crippen LogP contribution in [0.3, 0.4) is 0 Å². The van der Waals surface area contributed by atoms with Gasteiger partial charge in [0.15, 0.2) is 5.72 Å². The van der Waals surface area contributed by atoms with Gasteiger partial charge in [-0.25, -0.2) is 0 Å². The van der Waals surface area contributed by atoms with Crippen molar-refractivity contribution in [2.45, 2.75) is 19.1 Å². The molecule has 0 amide bonds. The fourth-order valence-electron chi connectivity index (χ4n) is 0.952. The Kier molecular flexibility index (Phi) is 2.85. The molecule has 4 N–H and O–H groups in total. The number of aliphatic hydroxyl groups excluding tert-OH is 1. The van der Waals surface area contributed by atoms with Crippen molar-refractivity contribution in [2.24, 2.45) is 5.73 Å². The minimum absolute atomic E-state index is 0.107. The number of rotatable bonds is 3. The molecule has 0 saturated heterocycles. The van der Waals surface area contributed by atoms with Crippen molar-refractivity contribution in [2.75, 3.05) is 6.61 Å². The molecule has 0 aliphatic carbocycles. The molecular formula is C8H13NO2S. The number of aliphatic hydroxyl groups is 2. The minimum Gasteiger partial charge on any atom is -0.396 e. The maximum atomic E-state index is 9.63. The zero-order valence-electron chi connectivity index (χ0n) is 6.95. The molecule has 0 radical (unpaired) electrons. The van der Waals surface area contributed by atoms with E-state index in [-0.39, 0.29) is 13.0 Å². The second-order valence-electron chi connectivity index (χ2n) is 2.89. The van der Waals surface area contributed by atoms with Gasteiger partial charge in [0, 0.05) is 13.0 Å². The quantitative estimate of drug-likeness (QED) is 0.605. The van der Waals surface area contributed by atoms with E-state index in [0.717, 1.165) is 5.56 Å². The third kappa shape index (κ3) is 2.04. The van der Waals surface area contributed by atoms with E-state index in [1.165, 1.54) is 11.3 Å². The van der Waals surface area contributed by atoms with Gasteiger partial charge in [-0.3, -0.25) is 5.73 Å². The van der Waals surface area contributed by atoms with Crippen molar-refractivity contribution in [3.63, 3.8) is 0 Å². The maximum Gasteiger partial charge on any atom is 0.151 e. The van der Waals surface area contributed by atoms with Gasteiger partial charge in [0.2, 0.25) is 0 Å². The molecule has 0 saturated carbocycles. The van der Waals surface area contributed by atoms with Crippen LogP contribution in [0.2, 0.25) is 0 Å². The largest absolute Gasteiger partial charge is 0.396 e. The molecule has 12 heavy (non-hydrogen) atoms. The Bertz CT molecular complexity index is 257. The van der Waals surface area contributed by atoms with Gasteiger partial charge in [-0.15, -0.1) is 11.3 Å². The molecule has 0 bridgehead atoms. The average Bonchev–Trinajstić information content (AvgIpc) is 2.36. The van der Waals surface area contributed by atoms with E-state index in [1.807, 2.05) is 18.4 Å². The van der Waals surface area contributed by atoms with Crippen molar-refractivity contribution in [1.82, 2.24) is 0 Å². The fourth-order valence-corrected chi connectivity index (χ4v) is 1.89. The first kappa shape index (κ1) is 9.67. The van der Waals surface area contributed by atoms with Gasteiger partial charge in [0.05, 0.1) is 4.88 Å². The van der Waals surface area contributed by atoms with Crippen LogP contribution in [0.4, 0.5) is 0 Å². The third-order valence-corrected chi connectivity index (χ3v) is 2.87. The molecule has 1 aromatic heterocycles. The summed E-state index contributed by atoms with van der Waals surface area (Å²) in [5, 5.41) is 20.2. The number of thiophene rings is 1. The predicted molar refractivity (Wildman–Crippen MR) is 48.8 cm³/mol. The summed E-state index contributed by atoms with van der Waals surface area (Å²) in [6.07, 6.45) is 0.174. The van der Waals surface area contributed by atoms with Crippen LogP contribution in [0.5, 0.6) is 0 Å². The van der Waals surface area contributed by atoms with E-state index in [0.29, 0.717) is 4.88 Å². The monoisotopic (exact) mass is 187 g/mol. The number of hydrogen-bond acceptors (Lipinski definition) is 4. The lowest BCUT2D eigenvalue weighted by Gasteiger charge is -2.19. The standard InChI is InChI=1S/C8H13NO2S/c1-6-4-7(12-5-6)8(9,11)2-3-10/h4-5,10-11H,2-3,9H2,1H3.